The zero-order valence-corrected chi connectivity index (χ0v) is 13.9. The molecule has 2 aromatic rings. The molecule has 0 bridgehead atoms. The number of hydrogen-bond acceptors (Lipinski definition) is 3. The van der Waals surface area contributed by atoms with Crippen molar-refractivity contribution in [2.24, 2.45) is 7.05 Å². The first-order valence-electron chi connectivity index (χ1n) is 6.63. The van der Waals surface area contributed by atoms with Crippen LogP contribution in [0.15, 0.2) is 16.6 Å². The van der Waals surface area contributed by atoms with Crippen LogP contribution in [0.3, 0.4) is 0 Å². The van der Waals surface area contributed by atoms with Crippen LogP contribution in [0, 0.1) is 13.8 Å². The molecule has 0 unspecified atom stereocenters. The van der Waals surface area contributed by atoms with E-state index in [2.05, 4.69) is 28.0 Å². The molecule has 0 saturated heterocycles. The predicted molar refractivity (Wildman–Crippen MR) is 84.9 cm³/mol. The summed E-state index contributed by atoms with van der Waals surface area (Å²) in [5.41, 5.74) is 10.9. The number of aromatic nitrogens is 2. The smallest absolute Gasteiger partial charge is 0.131 e. The zero-order chi connectivity index (χ0) is 14.9. The maximum atomic E-state index is 5.94. The van der Waals surface area contributed by atoms with E-state index in [1.165, 1.54) is 0 Å². The van der Waals surface area contributed by atoms with Gasteiger partial charge in [0.05, 0.1) is 15.9 Å². The number of nitrogen functional groups attached to an aromatic ring is 1. The predicted octanol–water partition coefficient (Wildman–Crippen LogP) is 3.52. The lowest BCUT2D eigenvalue weighted by molar-refractivity contribution is 0.292. The summed E-state index contributed by atoms with van der Waals surface area (Å²) in [4.78, 5) is 0. The molecule has 0 atom stereocenters. The Morgan fingerprint density at radius 2 is 2.00 bits per heavy atom. The van der Waals surface area contributed by atoms with Gasteiger partial charge in [-0.1, -0.05) is 13.0 Å². The van der Waals surface area contributed by atoms with Gasteiger partial charge in [0.2, 0.25) is 0 Å². The molecule has 2 rings (SSSR count). The molecule has 108 valence electrons. The lowest BCUT2D eigenvalue weighted by Crippen LogP contribution is -2.05. The van der Waals surface area contributed by atoms with Crippen LogP contribution in [-0.2, 0) is 20.1 Å². The Bertz CT molecular complexity index is 635. The van der Waals surface area contributed by atoms with E-state index >= 15 is 0 Å². The maximum absolute atomic E-state index is 5.94. The number of aryl methyl sites for hydroxylation is 4. The van der Waals surface area contributed by atoms with Crippen LogP contribution in [0.25, 0.3) is 0 Å². The van der Waals surface area contributed by atoms with E-state index < -0.39 is 0 Å². The molecule has 0 spiro atoms. The quantitative estimate of drug-likeness (QED) is 0.868. The van der Waals surface area contributed by atoms with E-state index in [4.69, 9.17) is 10.5 Å². The highest BCUT2D eigenvalue weighted by Crippen LogP contribution is 2.27. The second-order valence-corrected chi connectivity index (χ2v) is 5.74. The van der Waals surface area contributed by atoms with Gasteiger partial charge in [-0.15, -0.1) is 0 Å². The van der Waals surface area contributed by atoms with Crippen LogP contribution < -0.4 is 10.5 Å². The molecule has 1 aromatic heterocycles. The number of benzene rings is 1. The standard InChI is InChI=1S/C15H20BrN3O/c1-5-12-15(16)13(19(4)18-12)8-20-14-7-11(17)9(2)6-10(14)3/h6-7H,5,8,17H2,1-4H3. The lowest BCUT2D eigenvalue weighted by atomic mass is 10.1. The minimum atomic E-state index is 0.466. The van der Waals surface area contributed by atoms with Gasteiger partial charge in [-0.25, -0.2) is 0 Å². The number of hydrogen-bond donors (Lipinski definition) is 1. The first kappa shape index (κ1) is 14.9. The SMILES string of the molecule is CCc1nn(C)c(COc2cc(N)c(C)cc2C)c1Br. The van der Waals surface area contributed by atoms with E-state index in [1.807, 2.05) is 37.7 Å². The molecule has 0 fully saturated rings. The van der Waals surface area contributed by atoms with E-state index in [0.717, 1.165) is 44.8 Å². The summed E-state index contributed by atoms with van der Waals surface area (Å²) in [5.74, 6) is 0.819. The molecule has 20 heavy (non-hydrogen) atoms. The molecule has 5 heteroatoms. The first-order chi connectivity index (χ1) is 9.43. The number of nitrogens with two attached hydrogens (primary N) is 1. The molecule has 0 aliphatic carbocycles. The van der Waals surface area contributed by atoms with Crippen LogP contribution in [-0.4, -0.2) is 9.78 Å². The van der Waals surface area contributed by atoms with Crippen LogP contribution in [0.5, 0.6) is 5.75 Å². The Kier molecular flexibility index (Phi) is 4.38. The Morgan fingerprint density at radius 3 is 2.60 bits per heavy atom. The number of rotatable bonds is 4. The molecule has 0 aliphatic heterocycles. The lowest BCUT2D eigenvalue weighted by Gasteiger charge is -2.12. The highest BCUT2D eigenvalue weighted by Gasteiger charge is 2.13. The van der Waals surface area contributed by atoms with Crippen molar-refractivity contribution in [3.05, 3.63) is 39.1 Å². The summed E-state index contributed by atoms with van der Waals surface area (Å²) < 4.78 is 8.79. The van der Waals surface area contributed by atoms with Gasteiger partial charge in [-0.2, -0.15) is 5.10 Å². The van der Waals surface area contributed by atoms with Gasteiger partial charge < -0.3 is 10.5 Å². The van der Waals surface area contributed by atoms with Gasteiger partial charge in [0, 0.05) is 18.8 Å². The summed E-state index contributed by atoms with van der Waals surface area (Å²) in [6.45, 7) is 6.57. The van der Waals surface area contributed by atoms with Crippen molar-refractivity contribution in [1.29, 1.82) is 0 Å². The number of ether oxygens (including phenoxy) is 1. The van der Waals surface area contributed by atoms with Crippen molar-refractivity contribution in [2.45, 2.75) is 33.8 Å². The second kappa shape index (κ2) is 5.87. The van der Waals surface area contributed by atoms with E-state index in [9.17, 15) is 0 Å². The topological polar surface area (TPSA) is 53.1 Å². The third-order valence-corrected chi connectivity index (χ3v) is 4.35. The van der Waals surface area contributed by atoms with Gasteiger partial charge in [-0.05, 0) is 47.3 Å². The Morgan fingerprint density at radius 1 is 1.30 bits per heavy atom. The summed E-state index contributed by atoms with van der Waals surface area (Å²) >= 11 is 3.59. The van der Waals surface area contributed by atoms with Crippen molar-refractivity contribution in [1.82, 2.24) is 9.78 Å². The Hall–Kier alpha value is -1.49. The molecule has 1 heterocycles. The van der Waals surface area contributed by atoms with Gasteiger partial charge in [0.15, 0.2) is 0 Å². The molecule has 2 N–H and O–H groups in total. The summed E-state index contributed by atoms with van der Waals surface area (Å²) in [5, 5.41) is 4.46. The first-order valence-corrected chi connectivity index (χ1v) is 7.43. The Labute approximate surface area is 128 Å². The van der Waals surface area contributed by atoms with Crippen LogP contribution in [0.4, 0.5) is 5.69 Å². The van der Waals surface area contributed by atoms with E-state index in [1.54, 1.807) is 0 Å². The fourth-order valence-electron chi connectivity index (χ4n) is 2.13. The fraction of sp³-hybridized carbons (Fsp3) is 0.400. The number of nitrogens with zero attached hydrogens (tertiary/aromatic N) is 2. The highest BCUT2D eigenvalue weighted by atomic mass is 79.9. The maximum Gasteiger partial charge on any atom is 0.131 e. The summed E-state index contributed by atoms with van der Waals surface area (Å²) in [6, 6.07) is 3.93. The molecule has 0 amide bonds. The Balaban J connectivity index is 2.21. The molecule has 0 aliphatic rings. The van der Waals surface area contributed by atoms with E-state index in [0.29, 0.717) is 6.61 Å². The number of halogens is 1. The van der Waals surface area contributed by atoms with E-state index in [-0.39, 0.29) is 0 Å². The van der Waals surface area contributed by atoms with Gasteiger partial charge >= 0.3 is 0 Å². The molecule has 4 nitrogen and oxygen atoms in total. The third-order valence-electron chi connectivity index (χ3n) is 3.43. The summed E-state index contributed by atoms with van der Waals surface area (Å²) in [6.07, 6.45) is 0.894. The minimum Gasteiger partial charge on any atom is -0.487 e. The summed E-state index contributed by atoms with van der Waals surface area (Å²) in [7, 11) is 1.93. The van der Waals surface area contributed by atoms with Gasteiger partial charge in [0.1, 0.15) is 12.4 Å². The van der Waals surface area contributed by atoms with Crippen molar-refractivity contribution >= 4 is 21.6 Å². The van der Waals surface area contributed by atoms with Crippen LogP contribution in [0.1, 0.15) is 29.4 Å². The monoisotopic (exact) mass is 337 g/mol. The molecule has 0 radical (unpaired) electrons. The largest absolute Gasteiger partial charge is 0.487 e. The zero-order valence-electron chi connectivity index (χ0n) is 12.3. The molecule has 1 aromatic carbocycles. The van der Waals surface area contributed by atoms with Crippen LogP contribution >= 0.6 is 15.9 Å². The third kappa shape index (κ3) is 2.82. The molecule has 0 saturated carbocycles. The van der Waals surface area contributed by atoms with Crippen molar-refractivity contribution in [2.75, 3.05) is 5.73 Å². The number of anilines is 1. The van der Waals surface area contributed by atoms with Crippen LogP contribution in [0.2, 0.25) is 0 Å². The highest BCUT2D eigenvalue weighted by molar-refractivity contribution is 9.10. The fourth-order valence-corrected chi connectivity index (χ4v) is 2.86. The van der Waals surface area contributed by atoms with Gasteiger partial charge in [-0.3, -0.25) is 4.68 Å². The average molecular weight is 338 g/mol. The normalized spacial score (nSPS) is 10.8. The second-order valence-electron chi connectivity index (χ2n) is 4.95. The average Bonchev–Trinajstić information content (AvgIpc) is 2.67. The van der Waals surface area contributed by atoms with Crippen molar-refractivity contribution < 1.29 is 4.74 Å². The van der Waals surface area contributed by atoms with Crippen molar-refractivity contribution in [3.8, 4) is 5.75 Å². The van der Waals surface area contributed by atoms with Crippen molar-refractivity contribution in [3.63, 3.8) is 0 Å². The molecular weight excluding hydrogens is 318 g/mol. The molecular formula is C15H20BrN3O. The van der Waals surface area contributed by atoms with Gasteiger partial charge in [0.25, 0.3) is 0 Å². The minimum absolute atomic E-state index is 0.466.